The number of nitrogens with zero attached hydrogens (tertiary/aromatic N) is 4. The minimum Gasteiger partial charge on any atom is -0.376 e. The molecule has 3 aliphatic rings. The van der Waals surface area contributed by atoms with Crippen LogP contribution in [-0.2, 0) is 37.2 Å². The lowest BCUT2D eigenvalue weighted by molar-refractivity contribution is 0.107. The third kappa shape index (κ3) is 4.45. The fraction of sp³-hybridized carbons (Fsp3) is 0.682. The first kappa shape index (κ1) is 20.2. The van der Waals surface area contributed by atoms with E-state index in [0.717, 1.165) is 48.9 Å². The maximum atomic E-state index is 12.5. The first-order valence-corrected chi connectivity index (χ1v) is 12.2. The normalized spacial score (nSPS) is 21.8. The largest absolute Gasteiger partial charge is 0.376 e. The summed E-state index contributed by atoms with van der Waals surface area (Å²) in [7, 11) is 0. The molecule has 0 saturated carbocycles. The molecule has 162 valence electrons. The molecule has 4 heterocycles. The van der Waals surface area contributed by atoms with Crippen LogP contribution in [0, 0.1) is 0 Å². The predicted octanol–water partition coefficient (Wildman–Crippen LogP) is 2.62. The SMILES string of the molecule is O=c1cc2c(nn1CCN1CCCCC1CNc1nc3c(s1)CCCC3)CCOC2. The van der Waals surface area contributed by atoms with Crippen molar-refractivity contribution in [3.8, 4) is 0 Å². The van der Waals surface area contributed by atoms with E-state index >= 15 is 0 Å². The average Bonchev–Trinajstić information content (AvgIpc) is 3.20. The zero-order valence-corrected chi connectivity index (χ0v) is 18.4. The molecule has 0 radical (unpaired) electrons. The number of aryl methyl sites for hydroxylation is 2. The van der Waals surface area contributed by atoms with Crippen LogP contribution in [0.1, 0.15) is 53.9 Å². The minimum atomic E-state index is -0.0145. The van der Waals surface area contributed by atoms with Gasteiger partial charge in [-0.05, 0) is 45.1 Å². The molecule has 2 aromatic heterocycles. The summed E-state index contributed by atoms with van der Waals surface area (Å²) < 4.78 is 7.09. The van der Waals surface area contributed by atoms with E-state index < -0.39 is 0 Å². The molecule has 2 aromatic rings. The third-order valence-corrected chi connectivity index (χ3v) is 7.70. The van der Waals surface area contributed by atoms with Gasteiger partial charge in [0.2, 0.25) is 0 Å². The molecule has 30 heavy (non-hydrogen) atoms. The van der Waals surface area contributed by atoms with Crippen molar-refractivity contribution in [2.75, 3.05) is 31.6 Å². The summed E-state index contributed by atoms with van der Waals surface area (Å²) in [6, 6.07) is 2.20. The summed E-state index contributed by atoms with van der Waals surface area (Å²) in [6.07, 6.45) is 9.40. The molecule has 0 amide bonds. The summed E-state index contributed by atoms with van der Waals surface area (Å²) in [6.45, 7) is 4.74. The van der Waals surface area contributed by atoms with Crippen molar-refractivity contribution in [3.05, 3.63) is 38.2 Å². The molecule has 2 aliphatic heterocycles. The number of fused-ring (bicyclic) bond motifs is 2. The van der Waals surface area contributed by atoms with Gasteiger partial charge < -0.3 is 10.1 Å². The molecule has 7 nitrogen and oxygen atoms in total. The Hall–Kier alpha value is -1.77. The topological polar surface area (TPSA) is 72.3 Å². The Labute approximate surface area is 181 Å². The van der Waals surface area contributed by atoms with E-state index in [1.165, 1.54) is 49.1 Å². The highest BCUT2D eigenvalue weighted by Crippen LogP contribution is 2.30. The number of aromatic nitrogens is 3. The summed E-state index contributed by atoms with van der Waals surface area (Å²) >= 11 is 1.84. The Bertz CT molecular complexity index is 917. The van der Waals surface area contributed by atoms with Gasteiger partial charge in [-0.25, -0.2) is 9.67 Å². The van der Waals surface area contributed by atoms with Crippen molar-refractivity contribution in [2.45, 2.75) is 70.6 Å². The summed E-state index contributed by atoms with van der Waals surface area (Å²) in [5.41, 5.74) is 3.27. The number of hydrogen-bond donors (Lipinski definition) is 1. The molecule has 1 atom stereocenters. The maximum Gasteiger partial charge on any atom is 0.267 e. The highest BCUT2D eigenvalue weighted by atomic mass is 32.1. The quantitative estimate of drug-likeness (QED) is 0.761. The van der Waals surface area contributed by atoms with Gasteiger partial charge in [-0.1, -0.05) is 6.42 Å². The summed E-state index contributed by atoms with van der Waals surface area (Å²) in [4.78, 5) is 21.3. The standard InChI is InChI=1S/C22H31N5O2S/c28-21-13-16-15-29-12-8-18(16)25-27(21)11-10-26-9-4-3-5-17(26)14-23-22-24-19-6-1-2-7-20(19)30-22/h13,17H,1-12,14-15H2,(H,23,24). The fourth-order valence-corrected chi connectivity index (χ4v) is 5.91. The zero-order valence-electron chi connectivity index (χ0n) is 17.6. The number of thiazole rings is 1. The number of anilines is 1. The Balaban J connectivity index is 1.20. The lowest BCUT2D eigenvalue weighted by Crippen LogP contribution is -2.45. The van der Waals surface area contributed by atoms with E-state index in [2.05, 4.69) is 15.3 Å². The van der Waals surface area contributed by atoms with E-state index in [1.54, 1.807) is 10.7 Å². The Morgan fingerprint density at radius 1 is 1.13 bits per heavy atom. The number of likely N-dealkylation sites (tertiary alicyclic amines) is 1. The van der Waals surface area contributed by atoms with Gasteiger partial charge in [0.25, 0.3) is 5.56 Å². The van der Waals surface area contributed by atoms with Gasteiger partial charge in [0, 0.05) is 42.1 Å². The Morgan fingerprint density at radius 3 is 3.00 bits per heavy atom. The van der Waals surface area contributed by atoms with Crippen LogP contribution < -0.4 is 10.9 Å². The van der Waals surface area contributed by atoms with E-state index in [1.807, 2.05) is 11.3 Å². The van der Waals surface area contributed by atoms with E-state index in [9.17, 15) is 4.79 Å². The van der Waals surface area contributed by atoms with Gasteiger partial charge in [-0.2, -0.15) is 5.10 Å². The minimum absolute atomic E-state index is 0.0145. The van der Waals surface area contributed by atoms with Crippen molar-refractivity contribution >= 4 is 16.5 Å². The second kappa shape index (κ2) is 9.16. The van der Waals surface area contributed by atoms with Crippen LogP contribution in [0.3, 0.4) is 0 Å². The number of rotatable bonds is 6. The molecule has 1 fully saturated rings. The highest BCUT2D eigenvalue weighted by molar-refractivity contribution is 7.15. The molecule has 0 aromatic carbocycles. The monoisotopic (exact) mass is 429 g/mol. The van der Waals surface area contributed by atoms with Crippen molar-refractivity contribution in [1.82, 2.24) is 19.7 Å². The van der Waals surface area contributed by atoms with E-state index in [0.29, 0.717) is 25.8 Å². The van der Waals surface area contributed by atoms with Crippen LogP contribution in [0.15, 0.2) is 10.9 Å². The van der Waals surface area contributed by atoms with Crippen molar-refractivity contribution < 1.29 is 4.74 Å². The third-order valence-electron chi connectivity index (χ3n) is 6.59. The van der Waals surface area contributed by atoms with Crippen LogP contribution >= 0.6 is 11.3 Å². The molecule has 5 rings (SSSR count). The first-order valence-electron chi connectivity index (χ1n) is 11.4. The van der Waals surface area contributed by atoms with Crippen LogP contribution in [-0.4, -0.2) is 51.9 Å². The molecule has 0 bridgehead atoms. The smallest absolute Gasteiger partial charge is 0.267 e. The molecule has 1 saturated heterocycles. The summed E-state index contributed by atoms with van der Waals surface area (Å²) in [5, 5.41) is 9.33. The number of ether oxygens (including phenoxy) is 1. The van der Waals surface area contributed by atoms with Gasteiger partial charge in [0.15, 0.2) is 5.13 Å². The van der Waals surface area contributed by atoms with Gasteiger partial charge >= 0.3 is 0 Å². The predicted molar refractivity (Wildman–Crippen MR) is 118 cm³/mol. The van der Waals surface area contributed by atoms with Crippen LogP contribution in [0.5, 0.6) is 0 Å². The first-order chi connectivity index (χ1) is 14.8. The molecule has 1 aliphatic carbocycles. The molecular weight excluding hydrogens is 398 g/mol. The van der Waals surface area contributed by atoms with Gasteiger partial charge in [0.05, 0.1) is 31.1 Å². The highest BCUT2D eigenvalue weighted by Gasteiger charge is 2.23. The van der Waals surface area contributed by atoms with Crippen LogP contribution in [0.2, 0.25) is 0 Å². The fourth-order valence-electron chi connectivity index (χ4n) is 4.85. The molecule has 1 unspecified atom stereocenters. The second-order valence-electron chi connectivity index (χ2n) is 8.64. The van der Waals surface area contributed by atoms with Gasteiger partial charge in [-0.15, -0.1) is 11.3 Å². The molecule has 1 N–H and O–H groups in total. The number of nitrogens with one attached hydrogen (secondary N) is 1. The number of piperidine rings is 1. The van der Waals surface area contributed by atoms with E-state index in [4.69, 9.17) is 9.72 Å². The average molecular weight is 430 g/mol. The lowest BCUT2D eigenvalue weighted by atomic mass is 10.0. The number of hydrogen-bond acceptors (Lipinski definition) is 7. The van der Waals surface area contributed by atoms with E-state index in [-0.39, 0.29) is 5.56 Å². The van der Waals surface area contributed by atoms with Crippen molar-refractivity contribution in [1.29, 1.82) is 0 Å². The maximum absolute atomic E-state index is 12.5. The lowest BCUT2D eigenvalue weighted by Gasteiger charge is -2.35. The van der Waals surface area contributed by atoms with Gasteiger partial charge in [-0.3, -0.25) is 9.69 Å². The molecular formula is C22H31N5O2S. The second-order valence-corrected chi connectivity index (χ2v) is 9.73. The molecule has 8 heteroatoms. The summed E-state index contributed by atoms with van der Waals surface area (Å²) in [5.74, 6) is 0. The zero-order chi connectivity index (χ0) is 20.3. The van der Waals surface area contributed by atoms with Crippen LogP contribution in [0.25, 0.3) is 0 Å². The molecule has 0 spiro atoms. The Morgan fingerprint density at radius 2 is 2.07 bits per heavy atom. The van der Waals surface area contributed by atoms with Crippen LogP contribution in [0.4, 0.5) is 5.13 Å². The van der Waals surface area contributed by atoms with Gasteiger partial charge in [0.1, 0.15) is 0 Å². The Kier molecular flexibility index (Phi) is 6.15. The van der Waals surface area contributed by atoms with Crippen molar-refractivity contribution in [3.63, 3.8) is 0 Å². The van der Waals surface area contributed by atoms with Crippen molar-refractivity contribution in [2.24, 2.45) is 0 Å².